The van der Waals surface area contributed by atoms with Crippen molar-refractivity contribution in [3.05, 3.63) is 46.6 Å². The number of aryl methyl sites for hydroxylation is 2. The maximum atomic E-state index is 9.36. The molecule has 0 unspecified atom stereocenters. The lowest BCUT2D eigenvalue weighted by Gasteiger charge is -2.22. The zero-order chi connectivity index (χ0) is 14.1. The fourth-order valence-corrected chi connectivity index (χ4v) is 3.02. The lowest BCUT2D eigenvalue weighted by molar-refractivity contribution is 0.700. The van der Waals surface area contributed by atoms with Gasteiger partial charge in [0.1, 0.15) is 17.5 Å². The average Bonchev–Trinajstić information content (AvgIpc) is 2.63. The summed E-state index contributed by atoms with van der Waals surface area (Å²) < 4.78 is 1.84. The predicted octanol–water partition coefficient (Wildman–Crippen LogP) is 2.21. The third-order valence-corrected chi connectivity index (χ3v) is 4.02. The van der Waals surface area contributed by atoms with Crippen molar-refractivity contribution in [1.29, 1.82) is 5.26 Å². The van der Waals surface area contributed by atoms with E-state index < -0.39 is 0 Å². The van der Waals surface area contributed by atoms with E-state index in [2.05, 4.69) is 40.3 Å². The number of rotatable bonds is 1. The maximum absolute atomic E-state index is 9.36. The third kappa shape index (κ3) is 2.05. The van der Waals surface area contributed by atoms with E-state index in [1.807, 2.05) is 18.7 Å². The summed E-state index contributed by atoms with van der Waals surface area (Å²) in [5, 5.41) is 13.7. The normalized spacial score (nSPS) is 14.6. The Hall–Kier alpha value is -2.28. The number of nitriles is 1. The molecule has 3 rings (SSSR count). The number of anilines is 1. The molecule has 0 radical (unpaired) electrons. The number of hydrogen-bond donors (Lipinski definition) is 0. The molecule has 4 nitrogen and oxygen atoms in total. The predicted molar refractivity (Wildman–Crippen MR) is 78.7 cm³/mol. The van der Waals surface area contributed by atoms with E-state index in [1.54, 1.807) is 0 Å². The number of benzene rings is 1. The first kappa shape index (κ1) is 12.7. The zero-order valence-corrected chi connectivity index (χ0v) is 11.9. The van der Waals surface area contributed by atoms with E-state index in [4.69, 9.17) is 0 Å². The Balaban J connectivity index is 1.93. The van der Waals surface area contributed by atoms with Crippen LogP contribution in [0.1, 0.15) is 22.4 Å². The van der Waals surface area contributed by atoms with Gasteiger partial charge in [0.25, 0.3) is 0 Å². The second kappa shape index (κ2) is 5.01. The van der Waals surface area contributed by atoms with Crippen molar-refractivity contribution in [2.24, 2.45) is 7.05 Å². The van der Waals surface area contributed by atoms with Crippen LogP contribution in [0, 0.1) is 18.3 Å². The summed E-state index contributed by atoms with van der Waals surface area (Å²) in [4.78, 5) is 2.29. The van der Waals surface area contributed by atoms with Crippen molar-refractivity contribution < 1.29 is 0 Å². The molecule has 0 fully saturated rings. The molecule has 1 aliphatic rings. The van der Waals surface area contributed by atoms with Gasteiger partial charge in [0.05, 0.1) is 5.69 Å². The molecular weight excluding hydrogens is 248 g/mol. The highest BCUT2D eigenvalue weighted by molar-refractivity contribution is 5.57. The van der Waals surface area contributed by atoms with Crippen LogP contribution in [0.2, 0.25) is 0 Å². The molecule has 1 aliphatic heterocycles. The first-order chi connectivity index (χ1) is 9.70. The molecule has 0 bridgehead atoms. The number of hydrogen-bond acceptors (Lipinski definition) is 3. The topological polar surface area (TPSA) is 44.9 Å². The van der Waals surface area contributed by atoms with Gasteiger partial charge in [0.15, 0.2) is 0 Å². The Morgan fingerprint density at radius 3 is 2.30 bits per heavy atom. The molecular formula is C16H18N4. The number of nitrogens with zero attached hydrogens (tertiary/aromatic N) is 4. The highest BCUT2D eigenvalue weighted by Gasteiger charge is 2.21. The van der Waals surface area contributed by atoms with Crippen LogP contribution in [0.4, 0.5) is 5.82 Å². The first-order valence-electron chi connectivity index (χ1n) is 6.96. The Morgan fingerprint density at radius 1 is 1.15 bits per heavy atom. The van der Waals surface area contributed by atoms with Gasteiger partial charge >= 0.3 is 0 Å². The highest BCUT2D eigenvalue weighted by Crippen LogP contribution is 2.25. The van der Waals surface area contributed by atoms with Gasteiger partial charge in [-0.25, -0.2) is 0 Å². The Morgan fingerprint density at radius 2 is 1.75 bits per heavy atom. The van der Waals surface area contributed by atoms with Crippen LogP contribution in [0.25, 0.3) is 0 Å². The monoisotopic (exact) mass is 266 g/mol. The van der Waals surface area contributed by atoms with Crippen molar-refractivity contribution in [3.63, 3.8) is 0 Å². The van der Waals surface area contributed by atoms with Crippen molar-refractivity contribution in [2.45, 2.75) is 19.8 Å². The minimum Gasteiger partial charge on any atom is -0.355 e. The Kier molecular flexibility index (Phi) is 3.19. The second-order valence-corrected chi connectivity index (χ2v) is 5.28. The van der Waals surface area contributed by atoms with Gasteiger partial charge in [-0.05, 0) is 30.9 Å². The summed E-state index contributed by atoms with van der Waals surface area (Å²) in [6.45, 7) is 3.77. The molecule has 102 valence electrons. The summed E-state index contributed by atoms with van der Waals surface area (Å²) >= 11 is 0. The maximum Gasteiger partial charge on any atom is 0.144 e. The van der Waals surface area contributed by atoms with Crippen LogP contribution in [0.3, 0.4) is 0 Å². The standard InChI is InChI=1S/C16H18N4/c1-12-15(11-17)16(19(2)18-12)20-9-7-13-5-3-4-6-14(13)8-10-20/h3-6H,7-10H2,1-2H3. The van der Waals surface area contributed by atoms with Gasteiger partial charge in [0, 0.05) is 20.1 Å². The smallest absolute Gasteiger partial charge is 0.144 e. The summed E-state index contributed by atoms with van der Waals surface area (Å²) in [5.74, 6) is 0.956. The highest BCUT2D eigenvalue weighted by atomic mass is 15.4. The summed E-state index contributed by atoms with van der Waals surface area (Å²) in [7, 11) is 1.92. The molecule has 0 amide bonds. The van der Waals surface area contributed by atoms with E-state index in [0.29, 0.717) is 5.56 Å². The Labute approximate surface area is 119 Å². The molecule has 0 saturated carbocycles. The molecule has 0 saturated heterocycles. The third-order valence-electron chi connectivity index (χ3n) is 4.02. The lowest BCUT2D eigenvalue weighted by atomic mass is 10.0. The second-order valence-electron chi connectivity index (χ2n) is 5.28. The van der Waals surface area contributed by atoms with Gasteiger partial charge in [0.2, 0.25) is 0 Å². The van der Waals surface area contributed by atoms with Crippen molar-refractivity contribution in [2.75, 3.05) is 18.0 Å². The number of aromatic nitrogens is 2. The van der Waals surface area contributed by atoms with E-state index >= 15 is 0 Å². The molecule has 0 atom stereocenters. The molecule has 4 heteroatoms. The lowest BCUT2D eigenvalue weighted by Crippen LogP contribution is -2.28. The van der Waals surface area contributed by atoms with Crippen molar-refractivity contribution in [1.82, 2.24) is 9.78 Å². The SMILES string of the molecule is Cc1nn(C)c(N2CCc3ccccc3CC2)c1C#N. The fourth-order valence-electron chi connectivity index (χ4n) is 3.02. The van der Waals surface area contributed by atoms with Crippen LogP contribution in [0.15, 0.2) is 24.3 Å². The zero-order valence-electron chi connectivity index (χ0n) is 11.9. The largest absolute Gasteiger partial charge is 0.355 e. The van der Waals surface area contributed by atoms with Crippen LogP contribution >= 0.6 is 0 Å². The van der Waals surface area contributed by atoms with Crippen molar-refractivity contribution >= 4 is 5.82 Å². The molecule has 1 aromatic carbocycles. The van der Waals surface area contributed by atoms with Gasteiger partial charge in [-0.15, -0.1) is 0 Å². The fraction of sp³-hybridized carbons (Fsp3) is 0.375. The molecule has 2 aromatic rings. The molecule has 0 spiro atoms. The van der Waals surface area contributed by atoms with Gasteiger partial charge < -0.3 is 4.90 Å². The van der Waals surface area contributed by atoms with E-state index in [1.165, 1.54) is 11.1 Å². The van der Waals surface area contributed by atoms with Crippen LogP contribution < -0.4 is 4.90 Å². The van der Waals surface area contributed by atoms with Crippen molar-refractivity contribution in [3.8, 4) is 6.07 Å². The summed E-state index contributed by atoms with van der Waals surface area (Å²) in [6, 6.07) is 10.9. The number of fused-ring (bicyclic) bond motifs is 1. The van der Waals surface area contributed by atoms with E-state index in [0.717, 1.165) is 37.4 Å². The van der Waals surface area contributed by atoms with Crippen LogP contribution in [-0.2, 0) is 19.9 Å². The van der Waals surface area contributed by atoms with E-state index in [9.17, 15) is 5.26 Å². The summed E-state index contributed by atoms with van der Waals surface area (Å²) in [6.07, 6.45) is 2.04. The molecule has 2 heterocycles. The molecule has 1 aromatic heterocycles. The van der Waals surface area contributed by atoms with E-state index in [-0.39, 0.29) is 0 Å². The summed E-state index contributed by atoms with van der Waals surface area (Å²) in [5.41, 5.74) is 4.37. The minimum absolute atomic E-state index is 0.707. The van der Waals surface area contributed by atoms with Crippen LogP contribution in [0.5, 0.6) is 0 Å². The first-order valence-corrected chi connectivity index (χ1v) is 6.96. The van der Waals surface area contributed by atoms with Gasteiger partial charge in [-0.2, -0.15) is 10.4 Å². The minimum atomic E-state index is 0.707. The van der Waals surface area contributed by atoms with Crippen LogP contribution in [-0.4, -0.2) is 22.9 Å². The molecule has 0 N–H and O–H groups in total. The molecule has 20 heavy (non-hydrogen) atoms. The van der Waals surface area contributed by atoms with Gasteiger partial charge in [-0.1, -0.05) is 24.3 Å². The van der Waals surface area contributed by atoms with Gasteiger partial charge in [-0.3, -0.25) is 4.68 Å². The average molecular weight is 266 g/mol. The Bertz CT molecular complexity index is 651. The quantitative estimate of drug-likeness (QED) is 0.795. The molecule has 0 aliphatic carbocycles.